The molecule has 9 heteroatoms. The summed E-state index contributed by atoms with van der Waals surface area (Å²) in [6, 6.07) is 3.66. The standard InChI is InChI=1S/C18H23BF2N6/c1-6-7-8-15-16-18(23-22-17(15)25-12(3)9-11(2)24-25)26-13(4)10-14(5)27(26)19(16,20)21/h9-10H,6-8H2,1-5H3. The number of rotatable bonds is 4. The average Bonchev–Trinajstić information content (AvgIpc) is 3.17. The topological polar surface area (TPSA) is 52.4 Å². The molecule has 1 aliphatic heterocycles. The summed E-state index contributed by atoms with van der Waals surface area (Å²) in [5.74, 6) is 0.651. The molecule has 0 amide bonds. The number of nitrogens with zero attached hydrogens (tertiary/aromatic N) is 6. The molecule has 0 aromatic carbocycles. The zero-order valence-electron chi connectivity index (χ0n) is 16.3. The largest absolute Gasteiger partial charge is 0.671 e. The lowest BCUT2D eigenvalue weighted by Crippen LogP contribution is -2.66. The van der Waals surface area contributed by atoms with Crippen molar-refractivity contribution in [2.24, 2.45) is 0 Å². The lowest BCUT2D eigenvalue weighted by Gasteiger charge is -2.17. The highest BCUT2D eigenvalue weighted by Crippen LogP contribution is 2.26. The lowest BCUT2D eigenvalue weighted by atomic mass is 9.69. The molecule has 0 unspecified atom stereocenters. The lowest BCUT2D eigenvalue weighted by molar-refractivity contribution is -0.644. The maximum atomic E-state index is 15.6. The maximum Gasteiger partial charge on any atom is 0.671 e. The molecule has 0 N–H and O–H groups in total. The Morgan fingerprint density at radius 1 is 1.04 bits per heavy atom. The molecule has 4 heterocycles. The van der Waals surface area contributed by atoms with E-state index in [-0.39, 0.29) is 11.3 Å². The Morgan fingerprint density at radius 3 is 2.37 bits per heavy atom. The molecule has 0 spiro atoms. The highest BCUT2D eigenvalue weighted by Gasteiger charge is 2.56. The highest BCUT2D eigenvalue weighted by molar-refractivity contribution is 6.74. The predicted octanol–water partition coefficient (Wildman–Crippen LogP) is 2.26. The SMILES string of the molecule is CCCCc1c(-n2nc(C)cc2C)nnc2c1[B-](F)(F)[n+]1c(C)cc(C)n1-2. The van der Waals surface area contributed by atoms with Crippen molar-refractivity contribution in [2.75, 3.05) is 0 Å². The average molecular weight is 372 g/mol. The number of hydrogen-bond acceptors (Lipinski definition) is 3. The molecular weight excluding hydrogens is 349 g/mol. The number of fused-ring (bicyclic) bond motifs is 3. The van der Waals surface area contributed by atoms with Gasteiger partial charge in [0.2, 0.25) is 0 Å². The number of aromatic nitrogens is 6. The molecule has 6 nitrogen and oxygen atoms in total. The van der Waals surface area contributed by atoms with Crippen molar-refractivity contribution in [1.29, 1.82) is 0 Å². The maximum absolute atomic E-state index is 15.6. The number of hydrogen-bond donors (Lipinski definition) is 0. The van der Waals surface area contributed by atoms with Gasteiger partial charge >= 0.3 is 6.84 Å². The van der Waals surface area contributed by atoms with Crippen molar-refractivity contribution in [1.82, 2.24) is 24.7 Å². The van der Waals surface area contributed by atoms with E-state index in [1.807, 2.05) is 33.8 Å². The van der Waals surface area contributed by atoms with E-state index in [0.29, 0.717) is 23.5 Å². The van der Waals surface area contributed by atoms with Crippen molar-refractivity contribution in [3.05, 3.63) is 40.5 Å². The van der Waals surface area contributed by atoms with Crippen LogP contribution in [-0.4, -0.2) is 31.5 Å². The second kappa shape index (κ2) is 5.97. The summed E-state index contributed by atoms with van der Waals surface area (Å²) in [6.45, 7) is 5.36. The quantitative estimate of drug-likeness (QED) is 0.661. The molecule has 0 saturated heterocycles. The van der Waals surface area contributed by atoms with Gasteiger partial charge in [-0.05, 0) is 50.7 Å². The van der Waals surface area contributed by atoms with Gasteiger partial charge in [0, 0.05) is 18.7 Å². The minimum atomic E-state index is -3.97. The Kier molecular flexibility index (Phi) is 3.94. The Balaban J connectivity index is 2.03. The first kappa shape index (κ1) is 17.8. The van der Waals surface area contributed by atoms with Crippen molar-refractivity contribution < 1.29 is 13.2 Å². The van der Waals surface area contributed by atoms with Crippen LogP contribution in [-0.2, 0) is 6.42 Å². The third-order valence-electron chi connectivity index (χ3n) is 5.25. The van der Waals surface area contributed by atoms with E-state index in [4.69, 9.17) is 0 Å². The fraction of sp³-hybridized carbons (Fsp3) is 0.444. The van der Waals surface area contributed by atoms with E-state index in [1.54, 1.807) is 17.7 Å². The Labute approximate surface area is 156 Å². The fourth-order valence-electron chi connectivity index (χ4n) is 4.15. The Bertz CT molecular complexity index is 1050. The van der Waals surface area contributed by atoms with E-state index in [0.717, 1.165) is 34.5 Å². The van der Waals surface area contributed by atoms with Gasteiger partial charge in [-0.3, -0.25) is 4.59 Å². The molecule has 0 aliphatic carbocycles. The molecule has 0 radical (unpaired) electrons. The molecule has 0 bridgehead atoms. The Morgan fingerprint density at radius 2 is 1.74 bits per heavy atom. The van der Waals surface area contributed by atoms with Crippen LogP contribution < -0.4 is 10.1 Å². The van der Waals surface area contributed by atoms with Gasteiger partial charge in [0.25, 0.3) is 0 Å². The smallest absolute Gasteiger partial charge is 0.406 e. The molecule has 0 fully saturated rings. The molecular formula is C18H23BF2N6. The zero-order valence-corrected chi connectivity index (χ0v) is 16.3. The fourth-order valence-corrected chi connectivity index (χ4v) is 4.15. The van der Waals surface area contributed by atoms with Gasteiger partial charge in [0.05, 0.1) is 11.4 Å². The second-order valence-corrected chi connectivity index (χ2v) is 7.39. The van der Waals surface area contributed by atoms with Crippen molar-refractivity contribution in [2.45, 2.75) is 53.9 Å². The monoisotopic (exact) mass is 372 g/mol. The molecule has 0 atom stereocenters. The summed E-state index contributed by atoms with van der Waals surface area (Å²) in [4.78, 5) is 0. The minimum Gasteiger partial charge on any atom is -0.406 e. The van der Waals surface area contributed by atoms with E-state index < -0.39 is 6.84 Å². The van der Waals surface area contributed by atoms with E-state index in [1.165, 1.54) is 4.68 Å². The summed E-state index contributed by atoms with van der Waals surface area (Å²) < 4.78 is 35.4. The van der Waals surface area contributed by atoms with Crippen LogP contribution in [0, 0.1) is 27.7 Å². The van der Waals surface area contributed by atoms with E-state index in [2.05, 4.69) is 15.3 Å². The summed E-state index contributed by atoms with van der Waals surface area (Å²) in [5, 5.41) is 13.0. The van der Waals surface area contributed by atoms with Crippen LogP contribution in [0.15, 0.2) is 12.1 Å². The predicted molar refractivity (Wildman–Crippen MR) is 99.2 cm³/mol. The van der Waals surface area contributed by atoms with Crippen molar-refractivity contribution in [3.8, 4) is 11.6 Å². The van der Waals surface area contributed by atoms with Crippen LogP contribution >= 0.6 is 0 Å². The first-order valence-electron chi connectivity index (χ1n) is 9.34. The molecule has 3 aromatic heterocycles. The number of unbranched alkanes of at least 4 members (excludes halogenated alkanes) is 1. The van der Waals surface area contributed by atoms with Gasteiger partial charge in [-0.15, -0.1) is 10.2 Å². The minimum absolute atomic E-state index is 0.00723. The van der Waals surface area contributed by atoms with Gasteiger partial charge in [-0.25, -0.2) is 4.68 Å². The van der Waals surface area contributed by atoms with Crippen LogP contribution in [0.1, 0.15) is 48.1 Å². The summed E-state index contributed by atoms with van der Waals surface area (Å²) in [5.41, 5.74) is 3.47. The third-order valence-corrected chi connectivity index (χ3v) is 5.25. The van der Waals surface area contributed by atoms with E-state index >= 15 is 8.63 Å². The summed E-state index contributed by atoms with van der Waals surface area (Å²) in [7, 11) is 0. The zero-order chi connectivity index (χ0) is 19.5. The Hall–Kier alpha value is -2.58. The van der Waals surface area contributed by atoms with Crippen molar-refractivity contribution in [3.63, 3.8) is 0 Å². The second-order valence-electron chi connectivity index (χ2n) is 7.39. The highest BCUT2D eigenvalue weighted by atomic mass is 19.2. The number of halogens is 2. The normalized spacial score (nSPS) is 14.5. The van der Waals surface area contributed by atoms with Crippen molar-refractivity contribution >= 4 is 12.3 Å². The summed E-state index contributed by atoms with van der Waals surface area (Å²) >= 11 is 0. The third kappa shape index (κ3) is 2.44. The first-order valence-corrected chi connectivity index (χ1v) is 9.34. The van der Waals surface area contributed by atoms with Crippen LogP contribution in [0.4, 0.5) is 8.63 Å². The number of aryl methyl sites for hydroxylation is 4. The molecule has 0 saturated carbocycles. The van der Waals surface area contributed by atoms with Gasteiger partial charge in [0.1, 0.15) is 0 Å². The van der Waals surface area contributed by atoms with Crippen LogP contribution in [0.25, 0.3) is 11.6 Å². The van der Waals surface area contributed by atoms with Gasteiger partial charge in [-0.2, -0.15) is 9.78 Å². The summed E-state index contributed by atoms with van der Waals surface area (Å²) in [6.07, 6.45) is 2.22. The van der Waals surface area contributed by atoms with Gasteiger partial charge in [0.15, 0.2) is 17.3 Å². The van der Waals surface area contributed by atoms with Gasteiger partial charge in [-0.1, -0.05) is 13.3 Å². The van der Waals surface area contributed by atoms with E-state index in [9.17, 15) is 0 Å². The molecule has 1 aliphatic rings. The van der Waals surface area contributed by atoms with Gasteiger partial charge < -0.3 is 8.63 Å². The first-order chi connectivity index (χ1) is 12.8. The molecule has 3 aromatic rings. The molecule has 4 rings (SSSR count). The van der Waals surface area contributed by atoms with Crippen LogP contribution in [0.2, 0.25) is 0 Å². The molecule has 142 valence electrons. The molecule has 27 heavy (non-hydrogen) atoms. The van der Waals surface area contributed by atoms with Crippen LogP contribution in [0.5, 0.6) is 0 Å². The van der Waals surface area contributed by atoms with Crippen LogP contribution in [0.3, 0.4) is 0 Å².